The summed E-state index contributed by atoms with van der Waals surface area (Å²) in [6.45, 7) is 8.59. The fourth-order valence-corrected chi connectivity index (χ4v) is 3.07. The number of amides is 1. The van der Waals surface area contributed by atoms with E-state index in [1.165, 1.54) is 0 Å². The van der Waals surface area contributed by atoms with Crippen LogP contribution in [0.1, 0.15) is 34.6 Å². The summed E-state index contributed by atoms with van der Waals surface area (Å²) in [6, 6.07) is 8.43. The third kappa shape index (κ3) is 5.88. The van der Waals surface area contributed by atoms with Crippen LogP contribution in [0.3, 0.4) is 0 Å². The lowest BCUT2D eigenvalue weighted by molar-refractivity contribution is -0.135. The van der Waals surface area contributed by atoms with Gasteiger partial charge in [-0.1, -0.05) is 25.4 Å². The number of pyridine rings is 1. The van der Waals surface area contributed by atoms with Crippen molar-refractivity contribution in [1.29, 1.82) is 0 Å². The highest BCUT2D eigenvalue weighted by atomic mass is 35.5. The number of benzene rings is 1. The number of carboxylic acids is 1. The van der Waals surface area contributed by atoms with E-state index in [0.29, 0.717) is 33.3 Å². The first-order valence-corrected chi connectivity index (χ1v) is 10.2. The number of aliphatic carboxylic acids is 1. The van der Waals surface area contributed by atoms with Crippen molar-refractivity contribution < 1.29 is 19.4 Å². The molecule has 2 heterocycles. The maximum absolute atomic E-state index is 12.6. The van der Waals surface area contributed by atoms with Crippen LogP contribution in [0.4, 0.5) is 16.2 Å². The summed E-state index contributed by atoms with van der Waals surface area (Å²) < 4.78 is 7.09. The zero-order chi connectivity index (χ0) is 23.3. The quantitative estimate of drug-likeness (QED) is 0.540. The molecule has 9 heteroatoms. The Morgan fingerprint density at radius 1 is 1.23 bits per heavy atom. The van der Waals surface area contributed by atoms with Gasteiger partial charge in [-0.3, -0.25) is 14.1 Å². The second-order valence-corrected chi connectivity index (χ2v) is 7.87. The molecule has 0 aliphatic heterocycles. The van der Waals surface area contributed by atoms with E-state index in [4.69, 9.17) is 22.1 Å². The van der Waals surface area contributed by atoms with E-state index >= 15 is 0 Å². The molecule has 31 heavy (non-hydrogen) atoms. The van der Waals surface area contributed by atoms with Gasteiger partial charge in [0.25, 0.3) is 0 Å². The fraction of sp³-hybridized carbons (Fsp3) is 0.318. The van der Waals surface area contributed by atoms with Crippen molar-refractivity contribution in [3.63, 3.8) is 0 Å². The number of carbonyl (C=O) groups is 2. The van der Waals surface area contributed by atoms with Gasteiger partial charge in [0, 0.05) is 17.4 Å². The van der Waals surface area contributed by atoms with Crippen LogP contribution in [0.25, 0.3) is 16.9 Å². The molecule has 166 valence electrons. The Labute approximate surface area is 186 Å². The van der Waals surface area contributed by atoms with Gasteiger partial charge in [-0.25, -0.2) is 9.78 Å². The lowest BCUT2D eigenvalue weighted by Crippen LogP contribution is -2.40. The van der Waals surface area contributed by atoms with Gasteiger partial charge in [0.05, 0.1) is 22.6 Å². The highest BCUT2D eigenvalue weighted by Crippen LogP contribution is 2.31. The van der Waals surface area contributed by atoms with Gasteiger partial charge in [0.1, 0.15) is 17.8 Å². The number of anilines is 2. The second-order valence-electron chi connectivity index (χ2n) is 7.46. The topological polar surface area (TPSA) is 110 Å². The Hall–Kier alpha value is -3.26. The molecule has 0 aliphatic rings. The molecule has 0 saturated heterocycles. The average molecular weight is 447 g/mol. The summed E-state index contributed by atoms with van der Waals surface area (Å²) in [5.74, 6) is -1.16. The Bertz CT molecular complexity index is 1090. The van der Waals surface area contributed by atoms with Gasteiger partial charge in [-0.15, -0.1) is 0 Å². The number of nitrogens with two attached hydrogens (primary N) is 1. The molecule has 0 spiro atoms. The number of carboxylic acid groups (broad SMARTS) is 1. The van der Waals surface area contributed by atoms with E-state index in [1.54, 1.807) is 67.9 Å². The van der Waals surface area contributed by atoms with Crippen LogP contribution < -0.4 is 10.6 Å². The molecule has 3 rings (SSSR count). The molecule has 0 radical (unpaired) electrons. The number of aromatic nitrogens is 2. The van der Waals surface area contributed by atoms with Gasteiger partial charge in [-0.05, 0) is 51.1 Å². The Morgan fingerprint density at radius 2 is 1.90 bits per heavy atom. The van der Waals surface area contributed by atoms with Crippen molar-refractivity contribution in [2.45, 2.75) is 40.2 Å². The van der Waals surface area contributed by atoms with Crippen LogP contribution in [0.15, 0.2) is 42.7 Å². The first-order chi connectivity index (χ1) is 14.5. The molecule has 3 aromatic rings. The molecule has 8 nitrogen and oxygen atoms in total. The average Bonchev–Trinajstić information content (AvgIpc) is 3.09. The number of rotatable bonds is 4. The molecule has 1 amide bonds. The van der Waals surface area contributed by atoms with Crippen molar-refractivity contribution in [3.05, 3.63) is 47.7 Å². The predicted molar refractivity (Wildman–Crippen MR) is 123 cm³/mol. The van der Waals surface area contributed by atoms with Crippen molar-refractivity contribution in [2.75, 3.05) is 17.2 Å². The number of ether oxygens (including phenoxy) is 1. The minimum atomic E-state index is -1.16. The van der Waals surface area contributed by atoms with E-state index in [9.17, 15) is 14.7 Å². The van der Waals surface area contributed by atoms with Gasteiger partial charge < -0.3 is 15.6 Å². The van der Waals surface area contributed by atoms with Gasteiger partial charge >= 0.3 is 12.1 Å². The maximum atomic E-state index is 12.6. The highest BCUT2D eigenvalue weighted by molar-refractivity contribution is 6.33. The molecule has 1 aromatic carbocycles. The normalized spacial score (nSPS) is 10.9. The Morgan fingerprint density at radius 3 is 2.48 bits per heavy atom. The first-order valence-electron chi connectivity index (χ1n) is 9.80. The largest absolute Gasteiger partial charge is 0.480 e. The zero-order valence-corrected chi connectivity index (χ0v) is 19.0. The molecule has 0 fully saturated rings. The van der Waals surface area contributed by atoms with Crippen molar-refractivity contribution >= 4 is 40.7 Å². The number of hydrogen-bond donors (Lipinski definition) is 2. The third-order valence-electron chi connectivity index (χ3n) is 3.98. The summed E-state index contributed by atoms with van der Waals surface area (Å²) in [6.07, 6.45) is 2.51. The van der Waals surface area contributed by atoms with Crippen LogP contribution in [-0.4, -0.2) is 38.7 Å². The molecule has 0 aliphatic carbocycles. The molecular formula is C22H27ClN4O4. The molecule has 0 bridgehead atoms. The fourth-order valence-electron chi connectivity index (χ4n) is 2.78. The summed E-state index contributed by atoms with van der Waals surface area (Å²) in [4.78, 5) is 29.3. The van der Waals surface area contributed by atoms with Gasteiger partial charge in [-0.2, -0.15) is 0 Å². The lowest BCUT2D eigenvalue weighted by Gasteiger charge is -2.26. The summed E-state index contributed by atoms with van der Waals surface area (Å²) in [5.41, 5.74) is 7.86. The smallest absolute Gasteiger partial charge is 0.415 e. The minimum absolute atomic E-state index is 0.347. The SMILES string of the molecule is CC.CC(C)(C)OC(=O)N(CC(=O)O)c1ccc2ncc(-c3ccc(N)cc3Cl)n2c1. The van der Waals surface area contributed by atoms with E-state index in [2.05, 4.69) is 4.98 Å². The molecular weight excluding hydrogens is 420 g/mol. The molecule has 0 saturated carbocycles. The number of fused-ring (bicyclic) bond motifs is 1. The number of imidazole rings is 1. The first kappa shape index (κ1) is 24.0. The standard InChI is InChI=1S/C20H21ClN4O4.C2H6/c1-20(2,3)29-19(28)24(11-18(26)27)13-5-7-17-23-9-16(25(17)10-13)14-6-4-12(22)8-15(14)21;1-2/h4-10H,11,22H2,1-3H3,(H,26,27);1-2H3. The zero-order valence-electron chi connectivity index (χ0n) is 18.2. The molecule has 3 N–H and O–H groups in total. The number of hydrogen-bond acceptors (Lipinski definition) is 5. The van der Waals surface area contributed by atoms with Gasteiger partial charge in [0.15, 0.2) is 0 Å². The highest BCUT2D eigenvalue weighted by Gasteiger charge is 2.26. The summed E-state index contributed by atoms with van der Waals surface area (Å²) in [7, 11) is 0. The number of nitrogens with zero attached hydrogens (tertiary/aromatic N) is 3. The van der Waals surface area contributed by atoms with Crippen LogP contribution in [-0.2, 0) is 9.53 Å². The minimum Gasteiger partial charge on any atom is -0.480 e. The Balaban J connectivity index is 0.00000166. The van der Waals surface area contributed by atoms with Crippen LogP contribution in [0.5, 0.6) is 0 Å². The monoisotopic (exact) mass is 446 g/mol. The maximum Gasteiger partial charge on any atom is 0.415 e. The predicted octanol–water partition coefficient (Wildman–Crippen LogP) is 5.09. The van der Waals surface area contributed by atoms with Gasteiger partial charge in [0.2, 0.25) is 0 Å². The molecule has 0 atom stereocenters. The number of nitrogen functional groups attached to an aromatic ring is 1. The molecule has 2 aromatic heterocycles. The van der Waals surface area contributed by atoms with E-state index in [0.717, 1.165) is 4.90 Å². The van der Waals surface area contributed by atoms with Crippen LogP contribution in [0, 0.1) is 0 Å². The van der Waals surface area contributed by atoms with Crippen molar-refractivity contribution in [1.82, 2.24) is 9.38 Å². The van der Waals surface area contributed by atoms with Crippen molar-refractivity contribution in [2.24, 2.45) is 0 Å². The Kier molecular flexibility index (Phi) is 7.51. The van der Waals surface area contributed by atoms with Crippen LogP contribution >= 0.6 is 11.6 Å². The number of halogens is 1. The van der Waals surface area contributed by atoms with E-state index < -0.39 is 24.2 Å². The van der Waals surface area contributed by atoms with Crippen LogP contribution in [0.2, 0.25) is 5.02 Å². The summed E-state index contributed by atoms with van der Waals surface area (Å²) in [5, 5.41) is 9.71. The molecule has 0 unspecified atom stereocenters. The summed E-state index contributed by atoms with van der Waals surface area (Å²) >= 11 is 6.33. The van der Waals surface area contributed by atoms with E-state index in [-0.39, 0.29) is 0 Å². The lowest BCUT2D eigenvalue weighted by atomic mass is 10.1. The number of carbonyl (C=O) groups excluding carboxylic acids is 1. The van der Waals surface area contributed by atoms with E-state index in [1.807, 2.05) is 13.8 Å². The second kappa shape index (κ2) is 9.70. The van der Waals surface area contributed by atoms with Crippen molar-refractivity contribution in [3.8, 4) is 11.3 Å². The third-order valence-corrected chi connectivity index (χ3v) is 4.29.